The van der Waals surface area contributed by atoms with Gasteiger partial charge in [0.25, 0.3) is 0 Å². The molecule has 2 aromatic rings. The first-order chi connectivity index (χ1) is 10.1. The maximum atomic E-state index is 13.2. The zero-order chi connectivity index (χ0) is 15.2. The van der Waals surface area contributed by atoms with Gasteiger partial charge in [0.15, 0.2) is 0 Å². The summed E-state index contributed by atoms with van der Waals surface area (Å²) in [5.74, 6) is 0.0178. The fourth-order valence-electron chi connectivity index (χ4n) is 1.90. The van der Waals surface area contributed by atoms with Gasteiger partial charge in [-0.25, -0.2) is 4.39 Å². The van der Waals surface area contributed by atoms with Crippen molar-refractivity contribution in [3.8, 4) is 5.75 Å². The molecule has 110 valence electrons. The van der Waals surface area contributed by atoms with Gasteiger partial charge in [0.05, 0.1) is 19.3 Å². The molecule has 0 saturated carbocycles. The molecule has 2 N–H and O–H groups in total. The summed E-state index contributed by atoms with van der Waals surface area (Å²) in [5, 5.41) is 5.66. The van der Waals surface area contributed by atoms with Crippen molar-refractivity contribution in [1.82, 2.24) is 0 Å². The first-order valence-corrected chi connectivity index (χ1v) is 6.53. The summed E-state index contributed by atoms with van der Waals surface area (Å²) in [5.41, 5.74) is 2.08. The van der Waals surface area contributed by atoms with Gasteiger partial charge in [-0.1, -0.05) is 18.2 Å². The third-order valence-corrected chi connectivity index (χ3v) is 3.02. The van der Waals surface area contributed by atoms with E-state index in [1.54, 1.807) is 25.3 Å². The monoisotopic (exact) mass is 288 g/mol. The Kier molecular flexibility index (Phi) is 4.77. The third-order valence-electron chi connectivity index (χ3n) is 3.02. The topological polar surface area (TPSA) is 50.4 Å². The number of rotatable bonds is 5. The van der Waals surface area contributed by atoms with Crippen LogP contribution in [0.15, 0.2) is 42.5 Å². The van der Waals surface area contributed by atoms with Crippen LogP contribution in [0.2, 0.25) is 0 Å². The lowest BCUT2D eigenvalue weighted by atomic mass is 10.2. The first-order valence-electron chi connectivity index (χ1n) is 6.53. The zero-order valence-electron chi connectivity index (χ0n) is 11.9. The predicted molar refractivity (Wildman–Crippen MR) is 81.3 cm³/mol. The molecule has 1 amide bonds. The molecule has 21 heavy (non-hydrogen) atoms. The van der Waals surface area contributed by atoms with Crippen LogP contribution in [0.3, 0.4) is 0 Å². The van der Waals surface area contributed by atoms with Gasteiger partial charge in [0.2, 0.25) is 5.91 Å². The van der Waals surface area contributed by atoms with Crippen LogP contribution in [0.25, 0.3) is 0 Å². The van der Waals surface area contributed by atoms with Crippen LogP contribution in [0.5, 0.6) is 5.75 Å². The van der Waals surface area contributed by atoms with E-state index in [0.717, 1.165) is 5.56 Å². The molecule has 0 heterocycles. The van der Waals surface area contributed by atoms with E-state index in [1.807, 2.05) is 19.1 Å². The van der Waals surface area contributed by atoms with Gasteiger partial charge in [-0.15, -0.1) is 0 Å². The van der Waals surface area contributed by atoms with E-state index in [-0.39, 0.29) is 18.3 Å². The van der Waals surface area contributed by atoms with Crippen LogP contribution >= 0.6 is 0 Å². The van der Waals surface area contributed by atoms with Gasteiger partial charge < -0.3 is 15.4 Å². The Morgan fingerprint density at radius 1 is 1.19 bits per heavy atom. The van der Waals surface area contributed by atoms with Gasteiger partial charge in [0, 0.05) is 5.69 Å². The molecule has 0 saturated heterocycles. The van der Waals surface area contributed by atoms with Gasteiger partial charge >= 0.3 is 0 Å². The number of carbonyl (C=O) groups excluding carboxylic acids is 1. The number of hydrogen-bond donors (Lipinski definition) is 2. The van der Waals surface area contributed by atoms with Crippen LogP contribution in [0.4, 0.5) is 15.8 Å². The number of hydrogen-bond acceptors (Lipinski definition) is 3. The number of anilines is 2. The lowest BCUT2D eigenvalue weighted by Gasteiger charge is -2.12. The Hall–Kier alpha value is -2.56. The molecule has 0 bridgehead atoms. The SMILES string of the molecule is COc1ccccc1NC(=O)CNc1cc(F)ccc1C. The van der Waals surface area contributed by atoms with Gasteiger partial charge in [-0.2, -0.15) is 0 Å². The molecule has 0 atom stereocenters. The number of methoxy groups -OCH3 is 1. The Morgan fingerprint density at radius 3 is 2.71 bits per heavy atom. The lowest BCUT2D eigenvalue weighted by Crippen LogP contribution is -2.22. The van der Waals surface area contributed by atoms with Crippen LogP contribution < -0.4 is 15.4 Å². The summed E-state index contributed by atoms with van der Waals surface area (Å²) < 4.78 is 18.3. The Morgan fingerprint density at radius 2 is 1.95 bits per heavy atom. The van der Waals surface area contributed by atoms with Gasteiger partial charge in [-0.3, -0.25) is 4.79 Å². The Labute approximate surface area is 122 Å². The maximum absolute atomic E-state index is 13.2. The van der Waals surface area contributed by atoms with Gasteiger partial charge in [-0.05, 0) is 36.8 Å². The second-order valence-corrected chi connectivity index (χ2v) is 4.56. The number of nitrogens with one attached hydrogen (secondary N) is 2. The molecule has 2 aromatic carbocycles. The summed E-state index contributed by atoms with van der Waals surface area (Å²) in [7, 11) is 1.54. The largest absolute Gasteiger partial charge is 0.495 e. The van der Waals surface area contributed by atoms with E-state index >= 15 is 0 Å². The highest BCUT2D eigenvalue weighted by Gasteiger charge is 2.07. The van der Waals surface area contributed by atoms with E-state index < -0.39 is 0 Å². The molecule has 0 spiro atoms. The molecular weight excluding hydrogens is 271 g/mol. The number of ether oxygens (including phenoxy) is 1. The molecule has 0 unspecified atom stereocenters. The van der Waals surface area contributed by atoms with Crippen molar-refractivity contribution in [2.45, 2.75) is 6.92 Å². The lowest BCUT2D eigenvalue weighted by molar-refractivity contribution is -0.114. The number of para-hydroxylation sites is 2. The molecular formula is C16H17FN2O2. The van der Waals surface area contributed by atoms with Crippen molar-refractivity contribution in [2.24, 2.45) is 0 Å². The van der Waals surface area contributed by atoms with Crippen LogP contribution in [0.1, 0.15) is 5.56 Å². The van der Waals surface area contributed by atoms with Crippen molar-refractivity contribution in [1.29, 1.82) is 0 Å². The summed E-state index contributed by atoms with van der Waals surface area (Å²) in [6, 6.07) is 11.6. The Bertz CT molecular complexity index is 644. The van der Waals surface area contributed by atoms with E-state index in [4.69, 9.17) is 4.74 Å². The van der Waals surface area contributed by atoms with Gasteiger partial charge in [0.1, 0.15) is 11.6 Å². The van der Waals surface area contributed by atoms with Crippen LogP contribution in [-0.2, 0) is 4.79 Å². The molecule has 4 nitrogen and oxygen atoms in total. The summed E-state index contributed by atoms with van der Waals surface area (Å²) in [6.45, 7) is 1.89. The minimum atomic E-state index is -0.340. The smallest absolute Gasteiger partial charge is 0.243 e. The molecule has 5 heteroatoms. The van der Waals surface area contributed by atoms with E-state index in [2.05, 4.69) is 10.6 Å². The number of amides is 1. The summed E-state index contributed by atoms with van der Waals surface area (Å²) in [4.78, 5) is 11.9. The standard InChI is InChI=1S/C16H17FN2O2/c1-11-7-8-12(17)9-14(11)18-10-16(20)19-13-5-3-4-6-15(13)21-2/h3-9,18H,10H2,1-2H3,(H,19,20). The molecule has 0 aliphatic heterocycles. The zero-order valence-corrected chi connectivity index (χ0v) is 11.9. The number of aryl methyl sites for hydroxylation is 1. The highest BCUT2D eigenvalue weighted by molar-refractivity contribution is 5.95. The minimum Gasteiger partial charge on any atom is -0.495 e. The van der Waals surface area contributed by atoms with E-state index in [0.29, 0.717) is 17.1 Å². The summed E-state index contributed by atoms with van der Waals surface area (Å²) in [6.07, 6.45) is 0. The molecule has 0 aliphatic rings. The van der Waals surface area contributed by atoms with E-state index in [1.165, 1.54) is 12.1 Å². The van der Waals surface area contributed by atoms with Crippen molar-refractivity contribution in [3.05, 3.63) is 53.8 Å². The highest BCUT2D eigenvalue weighted by atomic mass is 19.1. The summed E-state index contributed by atoms with van der Waals surface area (Å²) >= 11 is 0. The van der Waals surface area contributed by atoms with Crippen molar-refractivity contribution in [3.63, 3.8) is 0 Å². The first kappa shape index (κ1) is 14.8. The number of benzene rings is 2. The number of carbonyl (C=O) groups is 1. The second kappa shape index (κ2) is 6.74. The van der Waals surface area contributed by atoms with Crippen molar-refractivity contribution >= 4 is 17.3 Å². The third kappa shape index (κ3) is 3.95. The molecule has 2 rings (SSSR count). The molecule has 0 aromatic heterocycles. The van der Waals surface area contributed by atoms with Crippen molar-refractivity contribution < 1.29 is 13.9 Å². The van der Waals surface area contributed by atoms with Crippen molar-refractivity contribution in [2.75, 3.05) is 24.3 Å². The molecule has 0 radical (unpaired) electrons. The highest BCUT2D eigenvalue weighted by Crippen LogP contribution is 2.23. The number of halogens is 1. The Balaban J connectivity index is 1.97. The quantitative estimate of drug-likeness (QED) is 0.888. The normalized spacial score (nSPS) is 10.0. The predicted octanol–water partition coefficient (Wildman–Crippen LogP) is 3.19. The second-order valence-electron chi connectivity index (χ2n) is 4.56. The molecule has 0 fully saturated rings. The minimum absolute atomic E-state index is 0.0440. The molecule has 0 aliphatic carbocycles. The fourth-order valence-corrected chi connectivity index (χ4v) is 1.90. The van der Waals surface area contributed by atoms with Crippen LogP contribution in [-0.4, -0.2) is 19.6 Å². The fraction of sp³-hybridized carbons (Fsp3) is 0.188. The van der Waals surface area contributed by atoms with Crippen LogP contribution in [0, 0.1) is 12.7 Å². The van der Waals surface area contributed by atoms with E-state index in [9.17, 15) is 9.18 Å². The average Bonchev–Trinajstić information content (AvgIpc) is 2.49. The average molecular weight is 288 g/mol. The maximum Gasteiger partial charge on any atom is 0.243 e.